The average Bonchev–Trinajstić information content (AvgIpc) is 3.12. The van der Waals surface area contributed by atoms with Gasteiger partial charge in [-0.25, -0.2) is 4.79 Å². The number of aryl methyl sites for hydroxylation is 1. The van der Waals surface area contributed by atoms with Gasteiger partial charge in [0, 0.05) is 24.7 Å². The molecule has 0 bridgehead atoms. The van der Waals surface area contributed by atoms with Gasteiger partial charge in [0.1, 0.15) is 6.04 Å². The summed E-state index contributed by atoms with van der Waals surface area (Å²) >= 11 is 0. The highest BCUT2D eigenvalue weighted by Crippen LogP contribution is 2.22. The molecule has 2 fully saturated rings. The minimum absolute atomic E-state index is 0.0638. The maximum Gasteiger partial charge on any atom is 0.318 e. The lowest BCUT2D eigenvalue weighted by molar-refractivity contribution is 0.0440. The molecule has 1 aromatic heterocycles. The number of piperidine rings is 1. The fourth-order valence-electron chi connectivity index (χ4n) is 3.79. The summed E-state index contributed by atoms with van der Waals surface area (Å²) in [4.78, 5) is 21.3. The first-order chi connectivity index (χ1) is 13.1. The van der Waals surface area contributed by atoms with Crippen LogP contribution in [-0.4, -0.2) is 58.2 Å². The largest absolute Gasteiger partial charge is 0.337 e. The molecule has 0 aliphatic carbocycles. The molecule has 7 heteroatoms. The van der Waals surface area contributed by atoms with Crippen LogP contribution in [0, 0.1) is 6.92 Å². The molecule has 0 radical (unpaired) electrons. The van der Waals surface area contributed by atoms with E-state index >= 15 is 0 Å². The Kier molecular flexibility index (Phi) is 5.11. The summed E-state index contributed by atoms with van der Waals surface area (Å²) in [6, 6.07) is 8.09. The number of rotatable bonds is 4. The van der Waals surface area contributed by atoms with Gasteiger partial charge in [-0.15, -0.1) is 0 Å². The summed E-state index contributed by atoms with van der Waals surface area (Å²) in [7, 11) is 0. The minimum atomic E-state index is -0.322. The van der Waals surface area contributed by atoms with Gasteiger partial charge < -0.3 is 14.7 Å². The zero-order chi connectivity index (χ0) is 18.8. The van der Waals surface area contributed by atoms with E-state index in [1.807, 2.05) is 43.0 Å². The highest BCUT2D eigenvalue weighted by Gasteiger charge is 2.35. The predicted molar refractivity (Wildman–Crippen MR) is 102 cm³/mol. The molecule has 4 rings (SSSR count). The number of amides is 2. The van der Waals surface area contributed by atoms with Crippen molar-refractivity contribution in [3.63, 3.8) is 0 Å². The summed E-state index contributed by atoms with van der Waals surface area (Å²) in [5, 5.41) is 7.02. The van der Waals surface area contributed by atoms with E-state index in [0.717, 1.165) is 24.2 Å². The van der Waals surface area contributed by atoms with E-state index in [4.69, 9.17) is 4.52 Å². The third-order valence-corrected chi connectivity index (χ3v) is 5.48. The zero-order valence-corrected chi connectivity index (χ0v) is 16.0. The van der Waals surface area contributed by atoms with E-state index in [0.29, 0.717) is 17.8 Å². The highest BCUT2D eigenvalue weighted by molar-refractivity contribution is 5.75. The first-order valence-electron chi connectivity index (χ1n) is 9.80. The number of urea groups is 1. The molecule has 7 nitrogen and oxygen atoms in total. The number of likely N-dealkylation sites (tertiary alicyclic amines) is 2. The van der Waals surface area contributed by atoms with Crippen LogP contribution in [0.3, 0.4) is 0 Å². The molecule has 2 saturated heterocycles. The highest BCUT2D eigenvalue weighted by atomic mass is 16.5. The van der Waals surface area contributed by atoms with E-state index < -0.39 is 0 Å². The summed E-state index contributed by atoms with van der Waals surface area (Å²) in [6.07, 6.45) is 3.89. The first-order valence-corrected chi connectivity index (χ1v) is 9.80. The Balaban J connectivity index is 1.30. The van der Waals surface area contributed by atoms with Crippen molar-refractivity contribution in [3.05, 3.63) is 35.7 Å². The number of aromatic nitrogens is 2. The van der Waals surface area contributed by atoms with E-state index in [-0.39, 0.29) is 12.1 Å². The normalized spacial score (nSPS) is 19.6. The van der Waals surface area contributed by atoms with Gasteiger partial charge >= 0.3 is 6.03 Å². The van der Waals surface area contributed by atoms with Gasteiger partial charge in [-0.05, 0) is 45.8 Å². The second kappa shape index (κ2) is 7.68. The second-order valence-corrected chi connectivity index (χ2v) is 7.65. The van der Waals surface area contributed by atoms with E-state index in [9.17, 15) is 4.79 Å². The fraction of sp³-hybridized carbons (Fsp3) is 0.550. The number of carbonyl (C=O) groups excluding carboxylic acids is 1. The standard InChI is InChI=1S/C20H27N5O2/c1-14-7-6-8-16(11-14)18-22-19(27-23-18)15(2)21-20(26)25-12-17(13-25)24-9-4-3-5-10-24/h6-8,11,15,17H,3-5,9-10,12-13H2,1-2H3,(H,21,26)/t15-/m0/s1. The van der Waals surface area contributed by atoms with Crippen LogP contribution in [0.25, 0.3) is 11.4 Å². The lowest BCUT2D eigenvalue weighted by Gasteiger charge is -2.46. The molecular weight excluding hydrogens is 342 g/mol. The van der Waals surface area contributed by atoms with Crippen LogP contribution in [0.5, 0.6) is 0 Å². The molecule has 0 spiro atoms. The summed E-state index contributed by atoms with van der Waals surface area (Å²) in [5.41, 5.74) is 2.05. The smallest absolute Gasteiger partial charge is 0.318 e. The quantitative estimate of drug-likeness (QED) is 0.897. The molecule has 2 aromatic rings. The Bertz CT molecular complexity index is 793. The molecule has 3 heterocycles. The number of hydrogen-bond acceptors (Lipinski definition) is 5. The summed E-state index contributed by atoms with van der Waals surface area (Å²) in [5.74, 6) is 0.969. The SMILES string of the molecule is Cc1cccc(-c2noc([C@H](C)NC(=O)N3CC(N4CCCCC4)C3)n2)c1. The van der Waals surface area contributed by atoms with Crippen LogP contribution >= 0.6 is 0 Å². The topological polar surface area (TPSA) is 74.5 Å². The maximum absolute atomic E-state index is 12.5. The minimum Gasteiger partial charge on any atom is -0.337 e. The Hall–Kier alpha value is -2.41. The Labute approximate surface area is 159 Å². The van der Waals surface area contributed by atoms with Gasteiger partial charge in [-0.3, -0.25) is 4.90 Å². The molecule has 1 atom stereocenters. The predicted octanol–water partition coefficient (Wildman–Crippen LogP) is 2.99. The van der Waals surface area contributed by atoms with Gasteiger partial charge in [0.2, 0.25) is 11.7 Å². The molecule has 27 heavy (non-hydrogen) atoms. The number of nitrogens with zero attached hydrogens (tertiary/aromatic N) is 4. The molecular formula is C20H27N5O2. The van der Waals surface area contributed by atoms with E-state index in [1.54, 1.807) is 0 Å². The molecule has 2 aliphatic rings. The van der Waals surface area contributed by atoms with Crippen molar-refractivity contribution >= 4 is 6.03 Å². The van der Waals surface area contributed by atoms with Crippen molar-refractivity contribution in [2.24, 2.45) is 0 Å². The van der Waals surface area contributed by atoms with Crippen molar-refractivity contribution in [2.45, 2.75) is 45.2 Å². The van der Waals surface area contributed by atoms with Crippen molar-refractivity contribution in [3.8, 4) is 11.4 Å². The Morgan fingerprint density at radius 3 is 2.78 bits per heavy atom. The van der Waals surface area contributed by atoms with Crippen LogP contribution in [0.2, 0.25) is 0 Å². The number of nitrogens with one attached hydrogen (secondary N) is 1. The molecule has 144 valence electrons. The molecule has 0 unspecified atom stereocenters. The molecule has 0 saturated carbocycles. The van der Waals surface area contributed by atoms with E-state index in [2.05, 4.69) is 20.4 Å². The average molecular weight is 369 g/mol. The van der Waals surface area contributed by atoms with Gasteiger partial charge in [0.25, 0.3) is 0 Å². The summed E-state index contributed by atoms with van der Waals surface area (Å²) < 4.78 is 5.37. The number of hydrogen-bond donors (Lipinski definition) is 1. The Morgan fingerprint density at radius 1 is 1.26 bits per heavy atom. The van der Waals surface area contributed by atoms with Gasteiger partial charge in [0.05, 0.1) is 0 Å². The molecule has 2 amide bonds. The van der Waals surface area contributed by atoms with Crippen LogP contribution in [0.1, 0.15) is 43.7 Å². The van der Waals surface area contributed by atoms with Crippen LogP contribution in [0.15, 0.2) is 28.8 Å². The van der Waals surface area contributed by atoms with Crippen molar-refractivity contribution in [1.29, 1.82) is 0 Å². The maximum atomic E-state index is 12.5. The van der Waals surface area contributed by atoms with Gasteiger partial charge in [0.15, 0.2) is 0 Å². The third-order valence-electron chi connectivity index (χ3n) is 5.48. The third kappa shape index (κ3) is 3.98. The van der Waals surface area contributed by atoms with Crippen LogP contribution in [-0.2, 0) is 0 Å². The lowest BCUT2D eigenvalue weighted by Crippen LogP contribution is -2.63. The second-order valence-electron chi connectivity index (χ2n) is 7.65. The van der Waals surface area contributed by atoms with Crippen LogP contribution in [0.4, 0.5) is 4.79 Å². The number of carbonyl (C=O) groups is 1. The molecule has 1 aromatic carbocycles. The monoisotopic (exact) mass is 369 g/mol. The zero-order valence-electron chi connectivity index (χ0n) is 16.0. The van der Waals surface area contributed by atoms with Gasteiger partial charge in [-0.2, -0.15) is 4.98 Å². The molecule has 2 aliphatic heterocycles. The van der Waals surface area contributed by atoms with Crippen molar-refractivity contribution < 1.29 is 9.32 Å². The van der Waals surface area contributed by atoms with Crippen LogP contribution < -0.4 is 5.32 Å². The molecule has 1 N–H and O–H groups in total. The van der Waals surface area contributed by atoms with E-state index in [1.165, 1.54) is 32.4 Å². The first kappa shape index (κ1) is 18.0. The fourth-order valence-corrected chi connectivity index (χ4v) is 3.79. The number of benzene rings is 1. The van der Waals surface area contributed by atoms with Crippen molar-refractivity contribution in [2.75, 3.05) is 26.2 Å². The summed E-state index contributed by atoms with van der Waals surface area (Å²) in [6.45, 7) is 7.83. The van der Waals surface area contributed by atoms with Crippen molar-refractivity contribution in [1.82, 2.24) is 25.3 Å². The Morgan fingerprint density at radius 2 is 2.04 bits per heavy atom. The lowest BCUT2D eigenvalue weighted by atomic mass is 10.0. The van der Waals surface area contributed by atoms with Gasteiger partial charge in [-0.1, -0.05) is 35.3 Å².